The lowest BCUT2D eigenvalue weighted by atomic mass is 10.2. The van der Waals surface area contributed by atoms with Crippen LogP contribution in [0.3, 0.4) is 0 Å². The number of rotatable bonds is 3. The number of benzene rings is 2. The quantitative estimate of drug-likeness (QED) is 0.792. The second kappa shape index (κ2) is 6.36. The Balaban J connectivity index is 2.15. The van der Waals surface area contributed by atoms with Crippen molar-refractivity contribution in [1.29, 1.82) is 0 Å². The Morgan fingerprint density at radius 2 is 1.71 bits per heavy atom. The molecule has 0 fully saturated rings. The molecule has 0 aliphatic rings. The molecule has 0 aliphatic carbocycles. The van der Waals surface area contributed by atoms with E-state index < -0.39 is 17.8 Å². The van der Waals surface area contributed by atoms with Crippen molar-refractivity contribution in [2.24, 2.45) is 5.73 Å². The number of halogens is 2. The van der Waals surface area contributed by atoms with E-state index >= 15 is 0 Å². The summed E-state index contributed by atoms with van der Waals surface area (Å²) in [4.78, 5) is 22.8. The van der Waals surface area contributed by atoms with Gasteiger partial charge in [-0.25, -0.2) is 9.18 Å². The first-order chi connectivity index (χ1) is 9.95. The van der Waals surface area contributed by atoms with E-state index in [0.717, 1.165) is 0 Å². The van der Waals surface area contributed by atoms with Crippen molar-refractivity contribution < 1.29 is 14.0 Å². The standard InChI is InChI=1S/C14H11BrFN3O2/c15-11-6-8(4-5-12(11)16)13(20)18-9-2-1-3-10(7-9)19-14(17)21/h1-7H,(H,18,20)(H3,17,19,21). The van der Waals surface area contributed by atoms with Crippen LogP contribution in [0.1, 0.15) is 10.4 Å². The van der Waals surface area contributed by atoms with Gasteiger partial charge in [-0.05, 0) is 52.3 Å². The van der Waals surface area contributed by atoms with Gasteiger partial charge in [0.1, 0.15) is 5.82 Å². The van der Waals surface area contributed by atoms with E-state index in [2.05, 4.69) is 26.6 Å². The Labute approximate surface area is 128 Å². The summed E-state index contributed by atoms with van der Waals surface area (Å²) in [7, 11) is 0. The van der Waals surface area contributed by atoms with Gasteiger partial charge in [0, 0.05) is 16.9 Å². The van der Waals surface area contributed by atoms with Gasteiger partial charge in [0.05, 0.1) is 4.47 Å². The maximum atomic E-state index is 13.1. The van der Waals surface area contributed by atoms with Crippen LogP contribution >= 0.6 is 15.9 Å². The van der Waals surface area contributed by atoms with Crippen LogP contribution in [-0.2, 0) is 0 Å². The summed E-state index contributed by atoms with van der Waals surface area (Å²) in [5, 5.41) is 5.05. The molecule has 0 aromatic heterocycles. The smallest absolute Gasteiger partial charge is 0.316 e. The zero-order valence-corrected chi connectivity index (χ0v) is 12.3. The SMILES string of the molecule is NC(=O)Nc1cccc(NC(=O)c2ccc(F)c(Br)c2)c1. The molecule has 3 amide bonds. The molecule has 5 nitrogen and oxygen atoms in total. The number of amides is 3. The number of carbonyl (C=O) groups excluding carboxylic acids is 2. The van der Waals surface area contributed by atoms with E-state index in [0.29, 0.717) is 16.9 Å². The van der Waals surface area contributed by atoms with Gasteiger partial charge >= 0.3 is 6.03 Å². The lowest BCUT2D eigenvalue weighted by Gasteiger charge is -2.08. The normalized spacial score (nSPS) is 10.0. The minimum absolute atomic E-state index is 0.208. The number of nitrogens with two attached hydrogens (primary N) is 1. The molecule has 0 saturated heterocycles. The topological polar surface area (TPSA) is 84.2 Å². The first kappa shape index (κ1) is 15.0. The number of hydrogen-bond donors (Lipinski definition) is 3. The molecule has 0 spiro atoms. The first-order valence-electron chi connectivity index (χ1n) is 5.88. The molecule has 21 heavy (non-hydrogen) atoms. The van der Waals surface area contributed by atoms with Crippen LogP contribution < -0.4 is 16.4 Å². The molecule has 0 atom stereocenters. The van der Waals surface area contributed by atoms with Gasteiger partial charge in [-0.3, -0.25) is 4.79 Å². The average Bonchev–Trinajstić information content (AvgIpc) is 2.41. The van der Waals surface area contributed by atoms with E-state index in [9.17, 15) is 14.0 Å². The summed E-state index contributed by atoms with van der Waals surface area (Å²) in [6, 6.07) is 9.77. The van der Waals surface area contributed by atoms with Gasteiger partial charge in [-0.15, -0.1) is 0 Å². The van der Waals surface area contributed by atoms with E-state index in [1.54, 1.807) is 24.3 Å². The van der Waals surface area contributed by atoms with E-state index in [1.165, 1.54) is 18.2 Å². The Morgan fingerprint density at radius 3 is 2.33 bits per heavy atom. The van der Waals surface area contributed by atoms with Gasteiger partial charge in [0.2, 0.25) is 0 Å². The second-order valence-electron chi connectivity index (χ2n) is 4.15. The van der Waals surface area contributed by atoms with Crippen molar-refractivity contribution in [3.8, 4) is 0 Å². The summed E-state index contributed by atoms with van der Waals surface area (Å²) < 4.78 is 13.3. The highest BCUT2D eigenvalue weighted by Gasteiger charge is 2.09. The minimum Gasteiger partial charge on any atom is -0.351 e. The summed E-state index contributed by atoms with van der Waals surface area (Å²) in [6.07, 6.45) is 0. The van der Waals surface area contributed by atoms with Crippen LogP contribution in [-0.4, -0.2) is 11.9 Å². The highest BCUT2D eigenvalue weighted by atomic mass is 79.9. The highest BCUT2D eigenvalue weighted by molar-refractivity contribution is 9.10. The molecule has 0 bridgehead atoms. The predicted molar refractivity (Wildman–Crippen MR) is 81.7 cm³/mol. The zero-order valence-electron chi connectivity index (χ0n) is 10.7. The van der Waals surface area contributed by atoms with Crippen LogP contribution in [0.2, 0.25) is 0 Å². The fourth-order valence-electron chi connectivity index (χ4n) is 1.66. The van der Waals surface area contributed by atoms with Crippen LogP contribution in [0.15, 0.2) is 46.9 Å². The lowest BCUT2D eigenvalue weighted by molar-refractivity contribution is 0.102. The molecule has 2 aromatic rings. The van der Waals surface area contributed by atoms with Gasteiger partial charge in [0.15, 0.2) is 0 Å². The highest BCUT2D eigenvalue weighted by Crippen LogP contribution is 2.19. The Hall–Kier alpha value is -2.41. The molecular weight excluding hydrogens is 341 g/mol. The van der Waals surface area contributed by atoms with Crippen molar-refractivity contribution in [1.82, 2.24) is 0 Å². The Bertz CT molecular complexity index is 706. The fourth-order valence-corrected chi connectivity index (χ4v) is 2.04. The number of urea groups is 1. The summed E-state index contributed by atoms with van der Waals surface area (Å²) >= 11 is 3.02. The molecule has 0 heterocycles. The largest absolute Gasteiger partial charge is 0.351 e. The van der Waals surface area contributed by atoms with Crippen molar-refractivity contribution in [3.05, 3.63) is 58.3 Å². The van der Waals surface area contributed by atoms with E-state index in [1.807, 2.05) is 0 Å². The maximum absolute atomic E-state index is 13.1. The van der Waals surface area contributed by atoms with E-state index in [-0.39, 0.29) is 4.47 Å². The van der Waals surface area contributed by atoms with Crippen LogP contribution in [0.5, 0.6) is 0 Å². The number of nitrogens with one attached hydrogen (secondary N) is 2. The van der Waals surface area contributed by atoms with Crippen molar-refractivity contribution in [3.63, 3.8) is 0 Å². The van der Waals surface area contributed by atoms with Gasteiger partial charge < -0.3 is 16.4 Å². The summed E-state index contributed by atoms with van der Waals surface area (Å²) in [5.41, 5.74) is 6.26. The average molecular weight is 352 g/mol. The summed E-state index contributed by atoms with van der Waals surface area (Å²) in [5.74, 6) is -0.842. The minimum atomic E-state index is -0.694. The Kier molecular flexibility index (Phi) is 4.54. The molecule has 7 heteroatoms. The molecule has 0 aliphatic heterocycles. The summed E-state index contributed by atoms with van der Waals surface area (Å²) in [6.45, 7) is 0. The third-order valence-corrected chi connectivity index (χ3v) is 3.18. The fraction of sp³-hybridized carbons (Fsp3) is 0. The lowest BCUT2D eigenvalue weighted by Crippen LogP contribution is -2.19. The first-order valence-corrected chi connectivity index (χ1v) is 6.68. The van der Waals surface area contributed by atoms with Crippen LogP contribution in [0.25, 0.3) is 0 Å². The van der Waals surface area contributed by atoms with Crippen molar-refractivity contribution >= 4 is 39.2 Å². The van der Waals surface area contributed by atoms with Gasteiger partial charge in [-0.2, -0.15) is 0 Å². The molecule has 4 N–H and O–H groups in total. The zero-order chi connectivity index (χ0) is 15.4. The molecule has 2 aromatic carbocycles. The third-order valence-electron chi connectivity index (χ3n) is 2.57. The van der Waals surface area contributed by atoms with E-state index in [4.69, 9.17) is 5.73 Å². The third kappa shape index (κ3) is 4.03. The Morgan fingerprint density at radius 1 is 1.05 bits per heavy atom. The van der Waals surface area contributed by atoms with Crippen molar-refractivity contribution in [2.75, 3.05) is 10.6 Å². The second-order valence-corrected chi connectivity index (χ2v) is 5.01. The monoisotopic (exact) mass is 351 g/mol. The molecule has 2 rings (SSSR count). The predicted octanol–water partition coefficient (Wildman–Crippen LogP) is 3.33. The number of anilines is 2. The number of carbonyl (C=O) groups is 2. The molecular formula is C14H11BrFN3O2. The molecule has 108 valence electrons. The maximum Gasteiger partial charge on any atom is 0.316 e. The molecule has 0 radical (unpaired) electrons. The number of primary amides is 1. The van der Waals surface area contributed by atoms with Gasteiger partial charge in [-0.1, -0.05) is 6.07 Å². The molecule has 0 unspecified atom stereocenters. The molecule has 0 saturated carbocycles. The van der Waals surface area contributed by atoms with Crippen LogP contribution in [0.4, 0.5) is 20.6 Å². The van der Waals surface area contributed by atoms with Crippen LogP contribution in [0, 0.1) is 5.82 Å². The van der Waals surface area contributed by atoms with Gasteiger partial charge in [0.25, 0.3) is 5.91 Å². The van der Waals surface area contributed by atoms with Crippen molar-refractivity contribution in [2.45, 2.75) is 0 Å². The number of hydrogen-bond acceptors (Lipinski definition) is 2.